The summed E-state index contributed by atoms with van der Waals surface area (Å²) in [5.41, 5.74) is 4.05. The Bertz CT molecular complexity index is 1510. The maximum atomic E-state index is 14.3. The molecule has 3 aromatic carbocycles. The predicted octanol–water partition coefficient (Wildman–Crippen LogP) is 5.68. The SMILES string of the molecule is CCC(C(=O)NC1CCCC1)N(Cc1ccc(OC)cc1)C(=O)CN(c1ccc(C)c(C)c1)S(=O)(=O)c1ccc(C)cc1. The van der Waals surface area contributed by atoms with Gasteiger partial charge in [0, 0.05) is 12.6 Å². The van der Waals surface area contributed by atoms with E-state index in [4.69, 9.17) is 4.74 Å². The molecular weight excluding hydrogens is 562 g/mol. The Labute approximate surface area is 256 Å². The minimum Gasteiger partial charge on any atom is -0.497 e. The highest BCUT2D eigenvalue weighted by Gasteiger charge is 2.34. The summed E-state index contributed by atoms with van der Waals surface area (Å²) in [4.78, 5) is 29.5. The molecule has 1 aliphatic rings. The zero-order chi connectivity index (χ0) is 31.1. The fourth-order valence-electron chi connectivity index (χ4n) is 5.46. The fraction of sp³-hybridized carbons (Fsp3) is 0.412. The summed E-state index contributed by atoms with van der Waals surface area (Å²) in [5, 5.41) is 3.14. The van der Waals surface area contributed by atoms with E-state index in [1.807, 2.05) is 45.9 Å². The quantitative estimate of drug-likeness (QED) is 0.287. The summed E-state index contributed by atoms with van der Waals surface area (Å²) in [5.74, 6) is 0.00582. The molecule has 1 saturated carbocycles. The van der Waals surface area contributed by atoms with Crippen molar-refractivity contribution in [3.8, 4) is 5.75 Å². The number of amides is 2. The van der Waals surface area contributed by atoms with Crippen molar-refractivity contribution in [3.63, 3.8) is 0 Å². The average Bonchev–Trinajstić information content (AvgIpc) is 3.50. The normalized spacial score (nSPS) is 14.3. The predicted molar refractivity (Wildman–Crippen MR) is 170 cm³/mol. The third-order valence-electron chi connectivity index (χ3n) is 8.27. The topological polar surface area (TPSA) is 96.0 Å². The highest BCUT2D eigenvalue weighted by molar-refractivity contribution is 7.92. The summed E-state index contributed by atoms with van der Waals surface area (Å²) < 4.78 is 34.6. The number of carbonyl (C=O) groups is 2. The standard InChI is InChI=1S/C34H43N3O5S/c1-6-32(34(39)35-28-9-7-8-10-28)36(22-27-14-17-30(42-5)18-15-27)33(38)23-37(29-16-13-25(3)26(4)21-29)43(40,41)31-19-11-24(2)12-20-31/h11-21,28,32H,6-10,22-23H2,1-5H3,(H,35,39). The van der Waals surface area contributed by atoms with Gasteiger partial charge in [0.1, 0.15) is 18.3 Å². The Kier molecular flexibility index (Phi) is 10.5. The molecule has 0 radical (unpaired) electrons. The number of aryl methyl sites for hydroxylation is 3. The van der Waals surface area contributed by atoms with Gasteiger partial charge in [0.2, 0.25) is 11.8 Å². The van der Waals surface area contributed by atoms with E-state index in [1.54, 1.807) is 55.6 Å². The fourth-order valence-corrected chi connectivity index (χ4v) is 6.87. The summed E-state index contributed by atoms with van der Waals surface area (Å²) in [7, 11) is -2.53. The van der Waals surface area contributed by atoms with Crippen LogP contribution < -0.4 is 14.4 Å². The van der Waals surface area contributed by atoms with Crippen molar-refractivity contribution in [2.75, 3.05) is 18.0 Å². The van der Waals surface area contributed by atoms with Crippen molar-refractivity contribution < 1.29 is 22.7 Å². The molecule has 3 aromatic rings. The molecule has 0 aliphatic heterocycles. The Morgan fingerprint density at radius 3 is 2.16 bits per heavy atom. The van der Waals surface area contributed by atoms with Crippen LogP contribution in [0.4, 0.5) is 5.69 Å². The summed E-state index contributed by atoms with van der Waals surface area (Å²) in [6, 6.07) is 18.6. The molecule has 1 fully saturated rings. The zero-order valence-corrected chi connectivity index (χ0v) is 26.6. The average molecular weight is 606 g/mol. The van der Waals surface area contributed by atoms with E-state index in [-0.39, 0.29) is 23.4 Å². The summed E-state index contributed by atoms with van der Waals surface area (Å²) >= 11 is 0. The molecule has 0 aromatic heterocycles. The second-order valence-electron chi connectivity index (χ2n) is 11.4. The molecule has 1 aliphatic carbocycles. The van der Waals surface area contributed by atoms with Gasteiger partial charge in [-0.3, -0.25) is 13.9 Å². The van der Waals surface area contributed by atoms with Crippen molar-refractivity contribution >= 4 is 27.5 Å². The van der Waals surface area contributed by atoms with Gasteiger partial charge in [0.15, 0.2) is 0 Å². The van der Waals surface area contributed by atoms with E-state index in [0.29, 0.717) is 17.9 Å². The van der Waals surface area contributed by atoms with Gasteiger partial charge in [-0.2, -0.15) is 0 Å². The lowest BCUT2D eigenvalue weighted by atomic mass is 10.1. The third-order valence-corrected chi connectivity index (χ3v) is 10.1. The number of carbonyl (C=O) groups excluding carboxylic acids is 2. The number of anilines is 1. The van der Waals surface area contributed by atoms with Crippen LogP contribution in [0.1, 0.15) is 61.3 Å². The second kappa shape index (κ2) is 14.1. The number of hydrogen-bond acceptors (Lipinski definition) is 5. The highest BCUT2D eigenvalue weighted by atomic mass is 32.2. The number of rotatable bonds is 12. The first kappa shape index (κ1) is 32.1. The van der Waals surface area contributed by atoms with Crippen LogP contribution in [-0.4, -0.2) is 50.9 Å². The highest BCUT2D eigenvalue weighted by Crippen LogP contribution is 2.27. The van der Waals surface area contributed by atoms with Crippen LogP contribution in [0, 0.1) is 20.8 Å². The molecule has 0 heterocycles. The number of benzene rings is 3. The van der Waals surface area contributed by atoms with Gasteiger partial charge in [-0.05, 0) is 93.1 Å². The van der Waals surface area contributed by atoms with Crippen molar-refractivity contribution in [2.24, 2.45) is 0 Å². The number of nitrogens with zero attached hydrogens (tertiary/aromatic N) is 2. The Morgan fingerprint density at radius 2 is 1.58 bits per heavy atom. The largest absolute Gasteiger partial charge is 0.497 e. The van der Waals surface area contributed by atoms with Gasteiger partial charge in [-0.15, -0.1) is 0 Å². The molecule has 4 rings (SSSR count). The minimum atomic E-state index is -4.11. The lowest BCUT2D eigenvalue weighted by Gasteiger charge is -2.34. The van der Waals surface area contributed by atoms with Crippen LogP contribution in [0.3, 0.4) is 0 Å². The van der Waals surface area contributed by atoms with Crippen LogP contribution in [-0.2, 0) is 26.2 Å². The van der Waals surface area contributed by atoms with E-state index in [0.717, 1.165) is 52.2 Å². The van der Waals surface area contributed by atoms with Crippen LogP contribution in [0.2, 0.25) is 0 Å². The molecule has 2 amide bonds. The van der Waals surface area contributed by atoms with Crippen molar-refractivity contribution in [3.05, 3.63) is 89.0 Å². The molecule has 230 valence electrons. The van der Waals surface area contributed by atoms with E-state index >= 15 is 0 Å². The van der Waals surface area contributed by atoms with Crippen LogP contribution in [0.25, 0.3) is 0 Å². The lowest BCUT2D eigenvalue weighted by molar-refractivity contribution is -0.140. The molecule has 0 saturated heterocycles. The summed E-state index contributed by atoms with van der Waals surface area (Å²) in [6.45, 7) is 7.31. The molecule has 8 nitrogen and oxygen atoms in total. The van der Waals surface area contributed by atoms with Crippen LogP contribution >= 0.6 is 0 Å². The summed E-state index contributed by atoms with van der Waals surface area (Å²) in [6.07, 6.45) is 4.36. The first-order chi connectivity index (χ1) is 20.5. The van der Waals surface area contributed by atoms with Gasteiger partial charge in [-0.25, -0.2) is 8.42 Å². The van der Waals surface area contributed by atoms with E-state index < -0.39 is 28.5 Å². The first-order valence-corrected chi connectivity index (χ1v) is 16.4. The molecule has 1 unspecified atom stereocenters. The number of sulfonamides is 1. The third kappa shape index (κ3) is 7.76. The molecule has 43 heavy (non-hydrogen) atoms. The first-order valence-electron chi connectivity index (χ1n) is 14.9. The molecular formula is C34H43N3O5S. The minimum absolute atomic E-state index is 0.0911. The number of methoxy groups -OCH3 is 1. The number of hydrogen-bond donors (Lipinski definition) is 1. The maximum Gasteiger partial charge on any atom is 0.264 e. The van der Waals surface area contributed by atoms with Crippen molar-refractivity contribution in [1.29, 1.82) is 0 Å². The Hall–Kier alpha value is -3.85. The Morgan fingerprint density at radius 1 is 0.930 bits per heavy atom. The van der Waals surface area contributed by atoms with Crippen LogP contribution in [0.5, 0.6) is 5.75 Å². The van der Waals surface area contributed by atoms with Gasteiger partial charge in [-0.1, -0.05) is 55.7 Å². The number of ether oxygens (including phenoxy) is 1. The van der Waals surface area contributed by atoms with Crippen LogP contribution in [0.15, 0.2) is 71.6 Å². The molecule has 0 bridgehead atoms. The Balaban J connectivity index is 1.73. The zero-order valence-electron chi connectivity index (χ0n) is 25.8. The lowest BCUT2D eigenvalue weighted by Crippen LogP contribution is -2.53. The van der Waals surface area contributed by atoms with E-state index in [9.17, 15) is 18.0 Å². The second-order valence-corrected chi connectivity index (χ2v) is 13.2. The molecule has 9 heteroatoms. The monoisotopic (exact) mass is 605 g/mol. The molecule has 0 spiro atoms. The maximum absolute atomic E-state index is 14.3. The molecule has 1 atom stereocenters. The van der Waals surface area contributed by atoms with Gasteiger partial charge < -0.3 is 15.0 Å². The smallest absolute Gasteiger partial charge is 0.264 e. The number of nitrogens with one attached hydrogen (secondary N) is 1. The van der Waals surface area contributed by atoms with Crippen molar-refractivity contribution in [1.82, 2.24) is 10.2 Å². The van der Waals surface area contributed by atoms with Crippen molar-refractivity contribution in [2.45, 2.75) is 83.3 Å². The molecule has 1 N–H and O–H groups in total. The van der Waals surface area contributed by atoms with Gasteiger partial charge in [0.25, 0.3) is 10.0 Å². The van der Waals surface area contributed by atoms with Gasteiger partial charge in [0.05, 0.1) is 17.7 Å². The van der Waals surface area contributed by atoms with E-state index in [2.05, 4.69) is 5.32 Å². The van der Waals surface area contributed by atoms with Gasteiger partial charge >= 0.3 is 0 Å². The van der Waals surface area contributed by atoms with E-state index in [1.165, 1.54) is 4.90 Å².